The quantitative estimate of drug-likeness (QED) is 0.828. The molecule has 23 heavy (non-hydrogen) atoms. The molecule has 0 N–H and O–H groups in total. The third-order valence-corrected chi connectivity index (χ3v) is 6.25. The minimum Gasteiger partial charge on any atom is -0.272 e. The number of hydrogen-bond acceptors (Lipinski definition) is 2. The van der Waals surface area contributed by atoms with E-state index in [2.05, 4.69) is 0 Å². The summed E-state index contributed by atoms with van der Waals surface area (Å²) in [5.41, 5.74) is 2.99. The molecule has 2 aromatic rings. The standard InChI is InChI=1S/C18H18ClNO2S/c1-13-7-9-15(10-8-13)23(21,22)20-11-14(2)17(12-20)16-5-3-4-6-18(16)19/h3-11,17H,12H2,1-2H3. The third kappa shape index (κ3) is 3.01. The van der Waals surface area contributed by atoms with Crippen molar-refractivity contribution in [1.29, 1.82) is 0 Å². The molecule has 0 saturated carbocycles. The first kappa shape index (κ1) is 16.1. The Bertz CT molecular complexity index is 857. The molecular formula is C18H18ClNO2S. The molecule has 1 atom stereocenters. The van der Waals surface area contributed by atoms with Crippen molar-refractivity contribution in [2.24, 2.45) is 0 Å². The fraction of sp³-hybridized carbons (Fsp3) is 0.222. The second-order valence-corrected chi connectivity index (χ2v) is 8.13. The van der Waals surface area contributed by atoms with Gasteiger partial charge >= 0.3 is 0 Å². The lowest BCUT2D eigenvalue weighted by Gasteiger charge is -2.19. The smallest absolute Gasteiger partial charge is 0.263 e. The third-order valence-electron chi connectivity index (χ3n) is 4.17. The zero-order chi connectivity index (χ0) is 16.6. The summed E-state index contributed by atoms with van der Waals surface area (Å²) in [6, 6.07) is 14.5. The fourth-order valence-electron chi connectivity index (χ4n) is 2.81. The van der Waals surface area contributed by atoms with E-state index in [1.54, 1.807) is 18.3 Å². The lowest BCUT2D eigenvalue weighted by atomic mass is 9.95. The van der Waals surface area contributed by atoms with E-state index in [0.717, 1.165) is 16.7 Å². The highest BCUT2D eigenvalue weighted by Crippen LogP contribution is 2.37. The maximum absolute atomic E-state index is 12.8. The highest BCUT2D eigenvalue weighted by molar-refractivity contribution is 7.89. The average molecular weight is 348 g/mol. The number of sulfonamides is 1. The van der Waals surface area contributed by atoms with E-state index in [4.69, 9.17) is 11.6 Å². The Morgan fingerprint density at radius 2 is 1.70 bits per heavy atom. The molecule has 5 heteroatoms. The molecule has 1 unspecified atom stereocenters. The first-order valence-corrected chi connectivity index (χ1v) is 9.22. The van der Waals surface area contributed by atoms with Gasteiger partial charge in [-0.25, -0.2) is 8.42 Å². The molecular weight excluding hydrogens is 330 g/mol. The van der Waals surface area contributed by atoms with E-state index in [-0.39, 0.29) is 5.92 Å². The second-order valence-electron chi connectivity index (χ2n) is 5.83. The van der Waals surface area contributed by atoms with Crippen LogP contribution in [0, 0.1) is 6.92 Å². The van der Waals surface area contributed by atoms with Crippen LogP contribution in [0.25, 0.3) is 0 Å². The monoisotopic (exact) mass is 347 g/mol. The van der Waals surface area contributed by atoms with Crippen LogP contribution < -0.4 is 0 Å². The van der Waals surface area contributed by atoms with Crippen molar-refractivity contribution >= 4 is 21.6 Å². The zero-order valence-corrected chi connectivity index (χ0v) is 14.6. The number of nitrogens with zero attached hydrogens (tertiary/aromatic N) is 1. The Balaban J connectivity index is 1.92. The van der Waals surface area contributed by atoms with Gasteiger partial charge in [-0.3, -0.25) is 4.31 Å². The number of benzene rings is 2. The maximum Gasteiger partial charge on any atom is 0.263 e. The van der Waals surface area contributed by atoms with Gasteiger partial charge in [-0.1, -0.05) is 47.5 Å². The van der Waals surface area contributed by atoms with E-state index < -0.39 is 10.0 Å². The molecule has 0 saturated heterocycles. The maximum atomic E-state index is 12.8. The summed E-state index contributed by atoms with van der Waals surface area (Å²) in [5.74, 6) is -0.0103. The van der Waals surface area contributed by atoms with Gasteiger partial charge in [0.2, 0.25) is 0 Å². The second kappa shape index (κ2) is 6.02. The van der Waals surface area contributed by atoms with Crippen molar-refractivity contribution in [3.8, 4) is 0 Å². The van der Waals surface area contributed by atoms with Crippen LogP contribution in [0.2, 0.25) is 5.02 Å². The van der Waals surface area contributed by atoms with Crippen LogP contribution in [0.5, 0.6) is 0 Å². The summed E-state index contributed by atoms with van der Waals surface area (Å²) in [4.78, 5) is 0.312. The fourth-order valence-corrected chi connectivity index (χ4v) is 4.48. The first-order chi connectivity index (χ1) is 10.9. The van der Waals surface area contributed by atoms with Gasteiger partial charge in [0.25, 0.3) is 10.0 Å². The van der Waals surface area contributed by atoms with E-state index in [1.165, 1.54) is 4.31 Å². The molecule has 1 aliphatic rings. The first-order valence-electron chi connectivity index (χ1n) is 7.41. The van der Waals surface area contributed by atoms with Crippen molar-refractivity contribution < 1.29 is 8.42 Å². The van der Waals surface area contributed by atoms with Gasteiger partial charge in [-0.15, -0.1) is 0 Å². The van der Waals surface area contributed by atoms with E-state index in [9.17, 15) is 8.42 Å². The van der Waals surface area contributed by atoms with Gasteiger partial charge < -0.3 is 0 Å². The molecule has 0 fully saturated rings. The molecule has 0 aliphatic carbocycles. The molecule has 0 spiro atoms. The normalized spacial score (nSPS) is 18.1. The predicted octanol–water partition coefficient (Wildman–Crippen LogP) is 4.34. The summed E-state index contributed by atoms with van der Waals surface area (Å²) in [5, 5.41) is 0.667. The largest absolute Gasteiger partial charge is 0.272 e. The Hall–Kier alpha value is -1.78. The van der Waals surface area contributed by atoms with Crippen molar-refractivity contribution in [2.45, 2.75) is 24.7 Å². The summed E-state index contributed by atoms with van der Waals surface area (Å²) in [6.45, 7) is 4.26. The summed E-state index contributed by atoms with van der Waals surface area (Å²) in [7, 11) is -3.53. The SMILES string of the molecule is CC1=CN(S(=O)(=O)c2ccc(C)cc2)CC1c1ccccc1Cl. The van der Waals surface area contributed by atoms with E-state index in [0.29, 0.717) is 16.5 Å². The van der Waals surface area contributed by atoms with E-state index >= 15 is 0 Å². The van der Waals surface area contributed by atoms with Gasteiger partial charge in [-0.2, -0.15) is 0 Å². The van der Waals surface area contributed by atoms with Crippen LogP contribution in [0.3, 0.4) is 0 Å². The molecule has 0 radical (unpaired) electrons. The van der Waals surface area contributed by atoms with Crippen molar-refractivity contribution in [3.05, 3.63) is 76.5 Å². The van der Waals surface area contributed by atoms with Crippen molar-refractivity contribution in [3.63, 3.8) is 0 Å². The highest BCUT2D eigenvalue weighted by atomic mass is 35.5. The number of rotatable bonds is 3. The number of hydrogen-bond donors (Lipinski definition) is 0. The Morgan fingerprint density at radius 3 is 2.35 bits per heavy atom. The Labute approximate surface area is 142 Å². The average Bonchev–Trinajstić information content (AvgIpc) is 2.91. The number of halogens is 1. The lowest BCUT2D eigenvalue weighted by molar-refractivity contribution is 0.506. The summed E-state index contributed by atoms with van der Waals surface area (Å²) in [6.07, 6.45) is 1.71. The molecule has 0 bridgehead atoms. The minimum absolute atomic E-state index is 0.0103. The minimum atomic E-state index is -3.53. The zero-order valence-electron chi connectivity index (χ0n) is 13.0. The van der Waals surface area contributed by atoms with Gasteiger partial charge in [0, 0.05) is 23.7 Å². The predicted molar refractivity (Wildman–Crippen MR) is 93.0 cm³/mol. The molecule has 120 valence electrons. The van der Waals surface area contributed by atoms with Crippen LogP contribution in [0.4, 0.5) is 0 Å². The topological polar surface area (TPSA) is 37.4 Å². The summed E-state index contributed by atoms with van der Waals surface area (Å²) >= 11 is 6.27. The molecule has 0 aromatic heterocycles. The molecule has 3 nitrogen and oxygen atoms in total. The molecule has 1 heterocycles. The van der Waals surface area contributed by atoms with Gasteiger partial charge in [-0.05, 0) is 43.2 Å². The highest BCUT2D eigenvalue weighted by Gasteiger charge is 2.32. The lowest BCUT2D eigenvalue weighted by Crippen LogP contribution is -2.26. The summed E-state index contributed by atoms with van der Waals surface area (Å²) < 4.78 is 27.0. The molecule has 0 amide bonds. The van der Waals surface area contributed by atoms with Crippen LogP contribution in [-0.4, -0.2) is 19.3 Å². The van der Waals surface area contributed by atoms with Crippen LogP contribution in [0.1, 0.15) is 24.0 Å². The van der Waals surface area contributed by atoms with Crippen molar-refractivity contribution in [1.82, 2.24) is 4.31 Å². The van der Waals surface area contributed by atoms with Crippen LogP contribution in [0.15, 0.2) is 65.2 Å². The van der Waals surface area contributed by atoms with Crippen LogP contribution in [-0.2, 0) is 10.0 Å². The van der Waals surface area contributed by atoms with Gasteiger partial charge in [0.05, 0.1) is 4.90 Å². The molecule has 1 aliphatic heterocycles. The molecule has 2 aromatic carbocycles. The Kier molecular flexibility index (Phi) is 4.21. The van der Waals surface area contributed by atoms with Gasteiger partial charge in [0.15, 0.2) is 0 Å². The van der Waals surface area contributed by atoms with Crippen LogP contribution >= 0.6 is 11.6 Å². The number of aryl methyl sites for hydroxylation is 1. The van der Waals surface area contributed by atoms with Crippen molar-refractivity contribution in [2.75, 3.05) is 6.54 Å². The Morgan fingerprint density at radius 1 is 1.04 bits per heavy atom. The molecule has 3 rings (SSSR count). The van der Waals surface area contributed by atoms with E-state index in [1.807, 2.05) is 50.2 Å². The van der Waals surface area contributed by atoms with Gasteiger partial charge in [0.1, 0.15) is 0 Å².